The van der Waals surface area contributed by atoms with Crippen LogP contribution in [0.15, 0.2) is 27.5 Å². The molecule has 0 spiro atoms. The van der Waals surface area contributed by atoms with Crippen LogP contribution in [0.2, 0.25) is 0 Å². The fourth-order valence-electron chi connectivity index (χ4n) is 1.66. The van der Waals surface area contributed by atoms with E-state index in [-0.39, 0.29) is 5.84 Å². The maximum atomic E-state index is 11.4. The summed E-state index contributed by atoms with van der Waals surface area (Å²) in [5, 5.41) is 0. The minimum absolute atomic E-state index is 0.0587. The van der Waals surface area contributed by atoms with Gasteiger partial charge in [-0.05, 0) is 24.3 Å². The molecule has 98 valence electrons. The van der Waals surface area contributed by atoms with Crippen LogP contribution in [0.4, 0.5) is 5.69 Å². The summed E-state index contributed by atoms with van der Waals surface area (Å²) in [6.45, 7) is 2.13. The van der Waals surface area contributed by atoms with Crippen molar-refractivity contribution in [2.45, 2.75) is 24.7 Å². The Morgan fingerprint density at radius 2 is 2.22 bits per heavy atom. The van der Waals surface area contributed by atoms with Gasteiger partial charge in [-0.2, -0.15) is 8.42 Å². The largest absolute Gasteiger partial charge is 0.382 e. The molecule has 0 unspecified atom stereocenters. The van der Waals surface area contributed by atoms with E-state index in [0.29, 0.717) is 11.3 Å². The molecule has 1 aliphatic rings. The number of nitrogens with one attached hydrogen (secondary N) is 1. The highest BCUT2D eigenvalue weighted by Gasteiger charge is 2.23. The molecule has 1 aliphatic heterocycles. The Morgan fingerprint density at radius 1 is 1.44 bits per heavy atom. The van der Waals surface area contributed by atoms with Crippen molar-refractivity contribution in [1.29, 1.82) is 0 Å². The summed E-state index contributed by atoms with van der Waals surface area (Å²) in [7, 11) is -3.68. The van der Waals surface area contributed by atoms with E-state index in [4.69, 9.17) is 5.73 Å². The first-order chi connectivity index (χ1) is 8.53. The molecule has 7 heteroatoms. The van der Waals surface area contributed by atoms with Crippen molar-refractivity contribution in [1.82, 2.24) is 0 Å². The van der Waals surface area contributed by atoms with Crippen molar-refractivity contribution in [3.63, 3.8) is 0 Å². The number of benzene rings is 1. The van der Waals surface area contributed by atoms with Crippen molar-refractivity contribution in [3.05, 3.63) is 23.8 Å². The monoisotopic (exact) mass is 285 g/mol. The first-order valence-electron chi connectivity index (χ1n) is 5.68. The highest BCUT2D eigenvalue weighted by atomic mass is 32.2. The number of fused-ring (bicyclic) bond motifs is 1. The van der Waals surface area contributed by atoms with Gasteiger partial charge in [0.05, 0.1) is 11.3 Å². The lowest BCUT2D eigenvalue weighted by Crippen LogP contribution is -2.26. The molecule has 0 radical (unpaired) electrons. The average Bonchev–Trinajstić information content (AvgIpc) is 2.27. The Morgan fingerprint density at radius 3 is 2.94 bits per heavy atom. The Labute approximate surface area is 111 Å². The minimum Gasteiger partial charge on any atom is -0.382 e. The zero-order valence-electron chi connectivity index (χ0n) is 10.0. The van der Waals surface area contributed by atoms with Crippen LogP contribution in [0.25, 0.3) is 0 Å². The van der Waals surface area contributed by atoms with E-state index in [9.17, 15) is 8.42 Å². The molecule has 2 rings (SSSR count). The number of nitrogens with two attached hydrogens (primary N) is 1. The Balaban J connectivity index is 2.36. The predicted octanol–water partition coefficient (Wildman–Crippen LogP) is 1.95. The standard InChI is InChI=1S/C11H15N3O2S2/c1-2-3-7-17-9-6-4-5-8-10(9)11(12)14-18(15,16)13-8/h4-6,13H,2-3,7H2,1H3,(H2,12,14). The van der Waals surface area contributed by atoms with E-state index in [1.807, 2.05) is 12.1 Å². The normalized spacial score (nSPS) is 16.6. The molecule has 0 saturated heterocycles. The highest BCUT2D eigenvalue weighted by Crippen LogP contribution is 2.32. The van der Waals surface area contributed by atoms with Gasteiger partial charge in [-0.25, -0.2) is 0 Å². The first kappa shape index (κ1) is 13.2. The van der Waals surface area contributed by atoms with E-state index < -0.39 is 10.2 Å². The second-order valence-electron chi connectivity index (χ2n) is 3.93. The summed E-state index contributed by atoms with van der Waals surface area (Å²) in [5.41, 5.74) is 6.94. The van der Waals surface area contributed by atoms with Crippen LogP contribution < -0.4 is 10.5 Å². The van der Waals surface area contributed by atoms with Crippen molar-refractivity contribution in [2.75, 3.05) is 10.5 Å². The fourth-order valence-corrected chi connectivity index (χ4v) is 3.69. The highest BCUT2D eigenvalue weighted by molar-refractivity contribution is 7.99. The van der Waals surface area contributed by atoms with E-state index in [2.05, 4.69) is 16.0 Å². The molecule has 0 aliphatic carbocycles. The molecule has 18 heavy (non-hydrogen) atoms. The number of thioether (sulfide) groups is 1. The van der Waals surface area contributed by atoms with Gasteiger partial charge in [0.1, 0.15) is 5.84 Å². The molecule has 5 nitrogen and oxygen atoms in total. The molecule has 0 amide bonds. The van der Waals surface area contributed by atoms with Gasteiger partial charge in [0.15, 0.2) is 0 Å². The Kier molecular flexibility index (Phi) is 3.82. The van der Waals surface area contributed by atoms with E-state index >= 15 is 0 Å². The molecule has 0 aromatic heterocycles. The second kappa shape index (κ2) is 5.19. The van der Waals surface area contributed by atoms with Gasteiger partial charge in [-0.1, -0.05) is 19.4 Å². The molecule has 1 aromatic carbocycles. The van der Waals surface area contributed by atoms with E-state index in [0.717, 1.165) is 23.5 Å². The quantitative estimate of drug-likeness (QED) is 0.654. The molecule has 1 aromatic rings. The molecule has 0 atom stereocenters. The molecular weight excluding hydrogens is 270 g/mol. The number of nitrogens with zero attached hydrogens (tertiary/aromatic N) is 1. The Hall–Kier alpha value is -1.21. The fraction of sp³-hybridized carbons (Fsp3) is 0.364. The summed E-state index contributed by atoms with van der Waals surface area (Å²) >= 11 is 1.67. The SMILES string of the molecule is CCCCSc1cccc2c1C(N)=NS(=O)(=O)N2. The third-order valence-corrected chi connectivity index (χ3v) is 4.55. The van der Waals surface area contributed by atoms with Gasteiger partial charge in [-0.15, -0.1) is 16.2 Å². The second-order valence-corrected chi connectivity index (χ2v) is 6.41. The van der Waals surface area contributed by atoms with Gasteiger partial charge in [0, 0.05) is 4.90 Å². The molecule has 3 N–H and O–H groups in total. The van der Waals surface area contributed by atoms with Crippen LogP contribution >= 0.6 is 11.8 Å². The lowest BCUT2D eigenvalue weighted by molar-refractivity contribution is 0.602. The maximum absolute atomic E-state index is 11.4. The topological polar surface area (TPSA) is 84.5 Å². The minimum atomic E-state index is -3.68. The zero-order chi connectivity index (χ0) is 13.2. The van der Waals surface area contributed by atoms with Crippen molar-refractivity contribution < 1.29 is 8.42 Å². The number of hydrogen-bond donors (Lipinski definition) is 2. The number of anilines is 1. The first-order valence-corrected chi connectivity index (χ1v) is 8.10. The zero-order valence-corrected chi connectivity index (χ0v) is 11.6. The molecule has 0 bridgehead atoms. The number of hydrogen-bond acceptors (Lipinski definition) is 4. The van der Waals surface area contributed by atoms with Crippen LogP contribution in [0.5, 0.6) is 0 Å². The summed E-state index contributed by atoms with van der Waals surface area (Å²) in [5.74, 6) is 1.04. The van der Waals surface area contributed by atoms with Crippen LogP contribution in [0.1, 0.15) is 25.3 Å². The maximum Gasteiger partial charge on any atom is 0.344 e. The van der Waals surface area contributed by atoms with Crippen LogP contribution in [0.3, 0.4) is 0 Å². The lowest BCUT2D eigenvalue weighted by Gasteiger charge is -2.18. The van der Waals surface area contributed by atoms with E-state index in [1.165, 1.54) is 0 Å². The predicted molar refractivity (Wildman–Crippen MR) is 75.3 cm³/mol. The van der Waals surface area contributed by atoms with Crippen LogP contribution in [-0.2, 0) is 10.2 Å². The van der Waals surface area contributed by atoms with Crippen molar-refractivity contribution in [3.8, 4) is 0 Å². The van der Waals surface area contributed by atoms with Gasteiger partial charge in [-0.3, -0.25) is 4.72 Å². The van der Waals surface area contributed by atoms with Gasteiger partial charge in [0.2, 0.25) is 0 Å². The average molecular weight is 285 g/mol. The van der Waals surface area contributed by atoms with Gasteiger partial charge in [0.25, 0.3) is 0 Å². The molecule has 1 heterocycles. The Bertz CT molecular complexity index is 582. The summed E-state index contributed by atoms with van der Waals surface area (Å²) < 4.78 is 28.7. The number of unbranched alkanes of at least 4 members (excludes halogenated alkanes) is 1. The van der Waals surface area contributed by atoms with Crippen molar-refractivity contribution in [2.24, 2.45) is 10.1 Å². The van der Waals surface area contributed by atoms with E-state index in [1.54, 1.807) is 17.8 Å². The van der Waals surface area contributed by atoms with Crippen molar-refractivity contribution >= 4 is 33.5 Å². The van der Waals surface area contributed by atoms with Gasteiger partial charge >= 0.3 is 10.2 Å². The van der Waals surface area contributed by atoms with Gasteiger partial charge < -0.3 is 5.73 Å². The molecular formula is C11H15N3O2S2. The van der Waals surface area contributed by atoms with Crippen LogP contribution in [0, 0.1) is 0 Å². The molecule has 0 saturated carbocycles. The number of amidine groups is 1. The third kappa shape index (κ3) is 2.78. The van der Waals surface area contributed by atoms with Crippen LogP contribution in [-0.4, -0.2) is 20.0 Å². The molecule has 0 fully saturated rings. The lowest BCUT2D eigenvalue weighted by atomic mass is 10.1. The third-order valence-electron chi connectivity index (χ3n) is 2.50. The number of rotatable bonds is 4. The smallest absolute Gasteiger partial charge is 0.344 e. The summed E-state index contributed by atoms with van der Waals surface area (Å²) in [6, 6.07) is 5.44. The summed E-state index contributed by atoms with van der Waals surface area (Å²) in [4.78, 5) is 0.963. The summed E-state index contributed by atoms with van der Waals surface area (Å²) in [6.07, 6.45) is 2.23.